The quantitative estimate of drug-likeness (QED) is 0.566. The number of nitrogen functional groups attached to an aromatic ring is 1. The zero-order chi connectivity index (χ0) is 18.4. The molecule has 0 bridgehead atoms. The third-order valence-corrected chi connectivity index (χ3v) is 3.30. The van der Waals surface area contributed by atoms with Gasteiger partial charge in [0.2, 0.25) is 0 Å². The first-order valence-corrected chi connectivity index (χ1v) is 7.19. The maximum Gasteiger partial charge on any atom is 0.316 e. The molecule has 0 aliphatic rings. The lowest BCUT2D eigenvalue weighted by Crippen LogP contribution is -2.39. The van der Waals surface area contributed by atoms with E-state index in [4.69, 9.17) is 15.2 Å². The van der Waals surface area contributed by atoms with Gasteiger partial charge in [0.25, 0.3) is 5.91 Å². The molecule has 0 saturated carbocycles. The van der Waals surface area contributed by atoms with Gasteiger partial charge in [-0.25, -0.2) is 0 Å². The standard InChI is InChI=1S/C17H17N3O5/c1-24-10-7-8-13(14(9-10)25-2)19-16(22)17(23)20-15(21)11-5-3-4-6-12(11)18/h3-9H,18H2,1-2H3,(H,19,22)(H,20,21,23). The molecule has 0 saturated heterocycles. The minimum Gasteiger partial charge on any atom is -0.497 e. The van der Waals surface area contributed by atoms with Crippen LogP contribution in [0.5, 0.6) is 11.5 Å². The minimum absolute atomic E-state index is 0.102. The van der Waals surface area contributed by atoms with E-state index in [9.17, 15) is 14.4 Å². The van der Waals surface area contributed by atoms with E-state index in [2.05, 4.69) is 5.32 Å². The molecule has 2 aromatic rings. The van der Waals surface area contributed by atoms with E-state index in [1.807, 2.05) is 5.32 Å². The van der Waals surface area contributed by atoms with Crippen LogP contribution in [0.3, 0.4) is 0 Å². The molecule has 130 valence electrons. The van der Waals surface area contributed by atoms with Crippen LogP contribution in [0, 0.1) is 0 Å². The summed E-state index contributed by atoms with van der Waals surface area (Å²) in [5.41, 5.74) is 6.22. The zero-order valence-electron chi connectivity index (χ0n) is 13.7. The van der Waals surface area contributed by atoms with Gasteiger partial charge in [0.1, 0.15) is 11.5 Å². The van der Waals surface area contributed by atoms with Crippen LogP contribution in [0.25, 0.3) is 0 Å². The molecule has 8 heteroatoms. The normalized spacial score (nSPS) is 9.84. The van der Waals surface area contributed by atoms with Crippen LogP contribution in [0.4, 0.5) is 11.4 Å². The average molecular weight is 343 g/mol. The van der Waals surface area contributed by atoms with E-state index in [1.165, 1.54) is 32.4 Å². The monoisotopic (exact) mass is 343 g/mol. The number of carbonyl (C=O) groups is 3. The first-order valence-electron chi connectivity index (χ1n) is 7.19. The molecule has 0 aliphatic heterocycles. The Morgan fingerprint density at radius 1 is 0.960 bits per heavy atom. The van der Waals surface area contributed by atoms with Crippen LogP contribution in [0.1, 0.15) is 10.4 Å². The lowest BCUT2D eigenvalue weighted by Gasteiger charge is -2.11. The first kappa shape index (κ1) is 17.8. The highest BCUT2D eigenvalue weighted by molar-refractivity contribution is 6.42. The maximum atomic E-state index is 12.0. The Morgan fingerprint density at radius 3 is 2.32 bits per heavy atom. The number of carbonyl (C=O) groups excluding carboxylic acids is 3. The molecular formula is C17H17N3O5. The number of nitrogens with one attached hydrogen (secondary N) is 2. The van der Waals surface area contributed by atoms with Gasteiger partial charge >= 0.3 is 11.8 Å². The van der Waals surface area contributed by atoms with Crippen molar-refractivity contribution in [1.29, 1.82) is 0 Å². The molecule has 0 atom stereocenters. The molecule has 8 nitrogen and oxygen atoms in total. The number of amides is 3. The number of para-hydroxylation sites is 1. The van der Waals surface area contributed by atoms with Crippen molar-refractivity contribution in [2.75, 3.05) is 25.3 Å². The SMILES string of the molecule is COc1ccc(NC(=O)C(=O)NC(=O)c2ccccc2N)c(OC)c1. The van der Waals surface area contributed by atoms with E-state index in [0.717, 1.165) is 0 Å². The number of anilines is 2. The fraction of sp³-hybridized carbons (Fsp3) is 0.118. The predicted molar refractivity (Wildman–Crippen MR) is 91.5 cm³/mol. The minimum atomic E-state index is -1.12. The van der Waals surface area contributed by atoms with Crippen LogP contribution < -0.4 is 25.8 Å². The first-order chi connectivity index (χ1) is 12.0. The van der Waals surface area contributed by atoms with Gasteiger partial charge in [-0.1, -0.05) is 12.1 Å². The second-order valence-electron chi connectivity index (χ2n) is 4.89. The van der Waals surface area contributed by atoms with Crippen molar-refractivity contribution in [3.8, 4) is 11.5 Å². The van der Waals surface area contributed by atoms with Gasteiger partial charge in [0, 0.05) is 11.8 Å². The average Bonchev–Trinajstić information content (AvgIpc) is 2.62. The Labute approximate surface area is 143 Å². The van der Waals surface area contributed by atoms with Gasteiger partial charge in [-0.15, -0.1) is 0 Å². The molecule has 2 aromatic carbocycles. The molecular weight excluding hydrogens is 326 g/mol. The fourth-order valence-corrected chi connectivity index (χ4v) is 2.01. The number of imide groups is 1. The molecule has 0 radical (unpaired) electrons. The highest BCUT2D eigenvalue weighted by Crippen LogP contribution is 2.28. The van der Waals surface area contributed by atoms with Crippen molar-refractivity contribution in [3.05, 3.63) is 48.0 Å². The van der Waals surface area contributed by atoms with Crippen LogP contribution >= 0.6 is 0 Å². The number of rotatable bonds is 4. The molecule has 4 N–H and O–H groups in total. The van der Waals surface area contributed by atoms with Crippen LogP contribution in [-0.4, -0.2) is 31.9 Å². The Hall–Kier alpha value is -3.55. The third-order valence-electron chi connectivity index (χ3n) is 3.30. The molecule has 2 rings (SSSR count). The van der Waals surface area contributed by atoms with Crippen molar-refractivity contribution in [1.82, 2.24) is 5.32 Å². The van der Waals surface area contributed by atoms with E-state index < -0.39 is 17.7 Å². The smallest absolute Gasteiger partial charge is 0.316 e. The highest BCUT2D eigenvalue weighted by Gasteiger charge is 2.20. The number of methoxy groups -OCH3 is 2. The summed E-state index contributed by atoms with van der Waals surface area (Å²) in [6.45, 7) is 0. The van der Waals surface area contributed by atoms with E-state index in [0.29, 0.717) is 11.5 Å². The second kappa shape index (κ2) is 7.82. The molecule has 25 heavy (non-hydrogen) atoms. The topological polar surface area (TPSA) is 120 Å². The van der Waals surface area contributed by atoms with Gasteiger partial charge in [-0.05, 0) is 24.3 Å². The van der Waals surface area contributed by atoms with E-state index >= 15 is 0 Å². The second-order valence-corrected chi connectivity index (χ2v) is 4.89. The lowest BCUT2D eigenvalue weighted by molar-refractivity contribution is -0.135. The van der Waals surface area contributed by atoms with Crippen LogP contribution in [-0.2, 0) is 9.59 Å². The van der Waals surface area contributed by atoms with Gasteiger partial charge in [0.05, 0.1) is 25.5 Å². The predicted octanol–water partition coefficient (Wildman–Crippen LogP) is 1.18. The van der Waals surface area contributed by atoms with Gasteiger partial charge in [-0.2, -0.15) is 0 Å². The van der Waals surface area contributed by atoms with Crippen molar-refractivity contribution in [3.63, 3.8) is 0 Å². The summed E-state index contributed by atoms with van der Waals surface area (Å²) in [5.74, 6) is -2.08. The number of hydrogen-bond acceptors (Lipinski definition) is 6. The summed E-state index contributed by atoms with van der Waals surface area (Å²) in [6, 6.07) is 10.9. The number of benzene rings is 2. The molecule has 0 fully saturated rings. The third kappa shape index (κ3) is 4.25. The van der Waals surface area contributed by atoms with Gasteiger partial charge in [0.15, 0.2) is 0 Å². The van der Waals surface area contributed by atoms with Crippen molar-refractivity contribution >= 4 is 29.1 Å². The van der Waals surface area contributed by atoms with E-state index in [-0.39, 0.29) is 16.9 Å². The van der Waals surface area contributed by atoms with E-state index in [1.54, 1.807) is 24.3 Å². The molecule has 0 spiro atoms. The fourth-order valence-electron chi connectivity index (χ4n) is 2.01. The molecule has 0 aliphatic carbocycles. The molecule has 0 unspecified atom stereocenters. The molecule has 0 aromatic heterocycles. The lowest BCUT2D eigenvalue weighted by atomic mass is 10.1. The summed E-state index contributed by atoms with van der Waals surface area (Å²) in [6.07, 6.45) is 0. The van der Waals surface area contributed by atoms with Gasteiger partial charge in [-0.3, -0.25) is 19.7 Å². The Bertz CT molecular complexity index is 820. The van der Waals surface area contributed by atoms with Crippen molar-refractivity contribution in [2.24, 2.45) is 0 Å². The number of nitrogens with two attached hydrogens (primary N) is 1. The number of ether oxygens (including phenoxy) is 2. The summed E-state index contributed by atoms with van der Waals surface area (Å²) in [4.78, 5) is 35.9. The summed E-state index contributed by atoms with van der Waals surface area (Å²) in [7, 11) is 2.90. The summed E-state index contributed by atoms with van der Waals surface area (Å²) >= 11 is 0. The van der Waals surface area contributed by atoms with Gasteiger partial charge < -0.3 is 20.5 Å². The van der Waals surface area contributed by atoms with Crippen LogP contribution in [0.2, 0.25) is 0 Å². The number of hydrogen-bond donors (Lipinski definition) is 3. The molecule has 0 heterocycles. The zero-order valence-corrected chi connectivity index (χ0v) is 13.7. The molecule has 3 amide bonds. The largest absolute Gasteiger partial charge is 0.497 e. The maximum absolute atomic E-state index is 12.0. The summed E-state index contributed by atoms with van der Waals surface area (Å²) < 4.78 is 10.2. The Balaban J connectivity index is 2.07. The van der Waals surface area contributed by atoms with Crippen molar-refractivity contribution in [2.45, 2.75) is 0 Å². The Morgan fingerprint density at radius 2 is 1.68 bits per heavy atom. The highest BCUT2D eigenvalue weighted by atomic mass is 16.5. The summed E-state index contributed by atoms with van der Waals surface area (Å²) in [5, 5.41) is 4.35. The van der Waals surface area contributed by atoms with Crippen LogP contribution in [0.15, 0.2) is 42.5 Å². The van der Waals surface area contributed by atoms with Crippen molar-refractivity contribution < 1.29 is 23.9 Å². The Kier molecular flexibility index (Phi) is 5.57.